The van der Waals surface area contributed by atoms with Gasteiger partial charge in [-0.3, -0.25) is 4.79 Å². The molecule has 6 nitrogen and oxygen atoms in total. The molecule has 0 saturated heterocycles. The molecule has 0 aliphatic carbocycles. The molecule has 0 saturated carbocycles. The van der Waals surface area contributed by atoms with Crippen LogP contribution in [0.4, 0.5) is 0 Å². The number of rotatable bonds is 7. The maximum absolute atomic E-state index is 12.2. The zero-order chi connectivity index (χ0) is 16.1. The van der Waals surface area contributed by atoms with E-state index in [2.05, 4.69) is 15.5 Å². The summed E-state index contributed by atoms with van der Waals surface area (Å²) < 4.78 is 7.20. The van der Waals surface area contributed by atoms with Crippen LogP contribution in [-0.2, 0) is 17.9 Å². The third-order valence-corrected chi connectivity index (χ3v) is 5.13. The van der Waals surface area contributed by atoms with Crippen molar-refractivity contribution >= 4 is 29.0 Å². The molecule has 0 radical (unpaired) electrons. The summed E-state index contributed by atoms with van der Waals surface area (Å²) in [6.45, 7) is 2.96. The first-order valence-corrected chi connectivity index (χ1v) is 8.85. The average Bonchev–Trinajstić information content (AvgIpc) is 3.28. The summed E-state index contributed by atoms with van der Waals surface area (Å²) in [5, 5.41) is 13.4. The van der Waals surface area contributed by atoms with E-state index in [4.69, 9.17) is 4.42 Å². The Balaban J connectivity index is 1.56. The van der Waals surface area contributed by atoms with E-state index in [-0.39, 0.29) is 11.2 Å². The van der Waals surface area contributed by atoms with Gasteiger partial charge in [-0.15, -0.1) is 21.5 Å². The standard InChI is InChI=1S/C15H16N4O2S2/c1-11(14(20)16-8-13-5-3-7-22-13)23-15-18-17-10-19(15)9-12-4-2-6-21-12/h2-7,10-11H,8-9H2,1H3,(H,16,20)/t11-/m1/s1. The van der Waals surface area contributed by atoms with Crippen LogP contribution in [0.1, 0.15) is 17.6 Å². The lowest BCUT2D eigenvalue weighted by atomic mass is 10.4. The summed E-state index contributed by atoms with van der Waals surface area (Å²) in [4.78, 5) is 13.3. The predicted molar refractivity (Wildman–Crippen MR) is 89.3 cm³/mol. The zero-order valence-electron chi connectivity index (χ0n) is 12.5. The largest absolute Gasteiger partial charge is 0.467 e. The Hall–Kier alpha value is -2.06. The van der Waals surface area contributed by atoms with Gasteiger partial charge in [0, 0.05) is 4.88 Å². The van der Waals surface area contributed by atoms with Gasteiger partial charge in [0.15, 0.2) is 5.16 Å². The molecule has 0 spiro atoms. The highest BCUT2D eigenvalue weighted by Crippen LogP contribution is 2.22. The Labute approximate surface area is 141 Å². The molecule has 0 bridgehead atoms. The van der Waals surface area contributed by atoms with Crippen LogP contribution in [0, 0.1) is 0 Å². The molecule has 3 heterocycles. The molecule has 1 atom stereocenters. The Morgan fingerprint density at radius 2 is 2.39 bits per heavy atom. The van der Waals surface area contributed by atoms with Crippen molar-refractivity contribution in [1.82, 2.24) is 20.1 Å². The fourth-order valence-electron chi connectivity index (χ4n) is 1.96. The molecule has 8 heteroatoms. The Morgan fingerprint density at radius 1 is 1.48 bits per heavy atom. The summed E-state index contributed by atoms with van der Waals surface area (Å²) in [5.74, 6) is 0.803. The van der Waals surface area contributed by atoms with E-state index in [1.807, 2.05) is 41.1 Å². The zero-order valence-corrected chi connectivity index (χ0v) is 14.1. The van der Waals surface area contributed by atoms with E-state index in [0.29, 0.717) is 18.2 Å². The van der Waals surface area contributed by atoms with Gasteiger partial charge in [0.05, 0.1) is 24.6 Å². The second-order valence-corrected chi connectivity index (χ2v) is 7.22. The number of amides is 1. The van der Waals surface area contributed by atoms with Crippen molar-refractivity contribution < 1.29 is 9.21 Å². The van der Waals surface area contributed by atoms with Crippen LogP contribution in [-0.4, -0.2) is 25.9 Å². The number of carbonyl (C=O) groups is 1. The number of thiophene rings is 1. The third kappa shape index (κ3) is 4.23. The first-order chi connectivity index (χ1) is 11.2. The fraction of sp³-hybridized carbons (Fsp3) is 0.267. The summed E-state index contributed by atoms with van der Waals surface area (Å²) in [6, 6.07) is 7.71. The number of nitrogens with zero attached hydrogens (tertiary/aromatic N) is 3. The highest BCUT2D eigenvalue weighted by atomic mass is 32.2. The summed E-state index contributed by atoms with van der Waals surface area (Å²) in [6.07, 6.45) is 3.27. The van der Waals surface area contributed by atoms with E-state index >= 15 is 0 Å². The van der Waals surface area contributed by atoms with Crippen molar-refractivity contribution in [3.8, 4) is 0 Å². The van der Waals surface area contributed by atoms with Crippen LogP contribution in [0.25, 0.3) is 0 Å². The quantitative estimate of drug-likeness (QED) is 0.665. The van der Waals surface area contributed by atoms with Crippen molar-refractivity contribution in [3.63, 3.8) is 0 Å². The molecular formula is C15H16N4O2S2. The highest BCUT2D eigenvalue weighted by molar-refractivity contribution is 8.00. The molecule has 1 N–H and O–H groups in total. The van der Waals surface area contributed by atoms with Crippen LogP contribution < -0.4 is 5.32 Å². The number of furan rings is 1. The monoisotopic (exact) mass is 348 g/mol. The SMILES string of the molecule is C[C@@H](Sc1nncn1Cc1ccco1)C(=O)NCc1cccs1. The van der Waals surface area contributed by atoms with Gasteiger partial charge >= 0.3 is 0 Å². The maximum atomic E-state index is 12.2. The van der Waals surface area contributed by atoms with E-state index in [1.165, 1.54) is 11.8 Å². The number of aromatic nitrogens is 3. The lowest BCUT2D eigenvalue weighted by Crippen LogP contribution is -2.30. The van der Waals surface area contributed by atoms with Crippen molar-refractivity contribution in [2.24, 2.45) is 0 Å². The lowest BCUT2D eigenvalue weighted by molar-refractivity contribution is -0.120. The summed E-state index contributed by atoms with van der Waals surface area (Å²) in [7, 11) is 0. The smallest absolute Gasteiger partial charge is 0.233 e. The number of nitrogens with one attached hydrogen (secondary N) is 1. The Bertz CT molecular complexity index is 737. The molecule has 0 fully saturated rings. The van der Waals surface area contributed by atoms with Gasteiger partial charge < -0.3 is 14.3 Å². The lowest BCUT2D eigenvalue weighted by Gasteiger charge is -2.11. The average molecular weight is 348 g/mol. The van der Waals surface area contributed by atoms with Crippen molar-refractivity contribution in [3.05, 3.63) is 52.9 Å². The molecule has 3 aromatic heterocycles. The second kappa shape index (κ2) is 7.47. The van der Waals surface area contributed by atoms with Crippen molar-refractivity contribution in [2.75, 3.05) is 0 Å². The number of hydrogen-bond acceptors (Lipinski definition) is 6. The highest BCUT2D eigenvalue weighted by Gasteiger charge is 2.18. The molecule has 23 heavy (non-hydrogen) atoms. The first-order valence-electron chi connectivity index (χ1n) is 7.09. The minimum atomic E-state index is -0.255. The van der Waals surface area contributed by atoms with Crippen LogP contribution in [0.15, 0.2) is 51.8 Å². The van der Waals surface area contributed by atoms with Crippen LogP contribution in [0.5, 0.6) is 0 Å². The molecule has 0 aliphatic rings. The molecule has 3 aromatic rings. The Kier molecular flexibility index (Phi) is 5.14. The van der Waals surface area contributed by atoms with Gasteiger partial charge in [-0.2, -0.15) is 0 Å². The molecule has 1 amide bonds. The van der Waals surface area contributed by atoms with E-state index in [0.717, 1.165) is 10.6 Å². The van der Waals surface area contributed by atoms with Crippen LogP contribution >= 0.6 is 23.1 Å². The molecule has 3 rings (SSSR count). The number of thioether (sulfide) groups is 1. The summed E-state index contributed by atoms with van der Waals surface area (Å²) in [5.41, 5.74) is 0. The van der Waals surface area contributed by atoms with Gasteiger partial charge in [-0.1, -0.05) is 17.8 Å². The normalized spacial score (nSPS) is 12.2. The van der Waals surface area contributed by atoms with Gasteiger partial charge in [-0.25, -0.2) is 0 Å². The molecule has 120 valence electrons. The second-order valence-electron chi connectivity index (χ2n) is 4.88. The molecule has 0 aliphatic heterocycles. The molecule has 0 unspecified atom stereocenters. The van der Waals surface area contributed by atoms with Crippen LogP contribution in [0.3, 0.4) is 0 Å². The van der Waals surface area contributed by atoms with Gasteiger partial charge in [0.2, 0.25) is 5.91 Å². The predicted octanol–water partition coefficient (Wildman–Crippen LogP) is 2.78. The minimum absolute atomic E-state index is 0.0176. The third-order valence-electron chi connectivity index (χ3n) is 3.15. The van der Waals surface area contributed by atoms with Gasteiger partial charge in [0.25, 0.3) is 0 Å². The van der Waals surface area contributed by atoms with Crippen molar-refractivity contribution in [1.29, 1.82) is 0 Å². The van der Waals surface area contributed by atoms with Gasteiger partial charge in [0.1, 0.15) is 12.1 Å². The minimum Gasteiger partial charge on any atom is -0.467 e. The van der Waals surface area contributed by atoms with Crippen LogP contribution in [0.2, 0.25) is 0 Å². The van der Waals surface area contributed by atoms with Gasteiger partial charge in [-0.05, 0) is 30.5 Å². The molecule has 0 aromatic carbocycles. The number of hydrogen-bond donors (Lipinski definition) is 1. The molecular weight excluding hydrogens is 332 g/mol. The first kappa shape index (κ1) is 15.8. The van der Waals surface area contributed by atoms with E-state index < -0.39 is 0 Å². The number of carbonyl (C=O) groups excluding carboxylic acids is 1. The summed E-state index contributed by atoms with van der Waals surface area (Å²) >= 11 is 3.01. The topological polar surface area (TPSA) is 73.0 Å². The van der Waals surface area contributed by atoms with Crippen molar-refractivity contribution in [2.45, 2.75) is 30.4 Å². The maximum Gasteiger partial charge on any atom is 0.233 e. The fourth-order valence-corrected chi connectivity index (χ4v) is 3.45. The van der Waals surface area contributed by atoms with E-state index in [1.54, 1.807) is 23.9 Å². The Morgan fingerprint density at radius 3 is 3.13 bits per heavy atom. The van der Waals surface area contributed by atoms with E-state index in [9.17, 15) is 4.79 Å².